The topological polar surface area (TPSA) is 81.7 Å². The van der Waals surface area contributed by atoms with Crippen LogP contribution in [0.15, 0.2) is 12.2 Å². The van der Waals surface area contributed by atoms with Crippen molar-refractivity contribution in [3.05, 3.63) is 12.2 Å². The summed E-state index contributed by atoms with van der Waals surface area (Å²) in [5.74, 6) is -1.46. The number of nitrogens with one attached hydrogen (secondary N) is 2. The van der Waals surface area contributed by atoms with E-state index in [0.29, 0.717) is 6.54 Å². The lowest BCUT2D eigenvalue weighted by Gasteiger charge is -2.26. The van der Waals surface area contributed by atoms with Gasteiger partial charge in [0, 0.05) is 44.9 Å². The molecule has 0 aromatic heterocycles. The van der Waals surface area contributed by atoms with E-state index in [0.717, 1.165) is 51.3 Å². The van der Waals surface area contributed by atoms with E-state index in [1.165, 1.54) is 0 Å². The van der Waals surface area contributed by atoms with Crippen molar-refractivity contribution in [2.24, 2.45) is 0 Å². The van der Waals surface area contributed by atoms with Crippen LogP contribution in [0.25, 0.3) is 0 Å². The molecule has 1 aliphatic heterocycles. The Bertz CT molecular complexity index is 286. The summed E-state index contributed by atoms with van der Waals surface area (Å²) in [6.07, 6.45) is 2.76. The lowest BCUT2D eigenvalue weighted by atomic mass is 10.3. The van der Waals surface area contributed by atoms with Crippen LogP contribution < -0.4 is 10.6 Å². The fourth-order valence-corrected chi connectivity index (χ4v) is 1.65. The Balaban J connectivity index is 2.03. The van der Waals surface area contributed by atoms with Crippen LogP contribution in [0.4, 0.5) is 0 Å². The van der Waals surface area contributed by atoms with E-state index in [1.54, 1.807) is 0 Å². The molecule has 0 unspecified atom stereocenters. The molecule has 96 valence electrons. The molecule has 1 saturated heterocycles. The second-order valence-corrected chi connectivity index (χ2v) is 3.91. The molecule has 0 aromatic rings. The van der Waals surface area contributed by atoms with Gasteiger partial charge in [0.15, 0.2) is 0 Å². The number of aliphatic carboxylic acids is 1. The molecule has 1 amide bonds. The van der Waals surface area contributed by atoms with Crippen LogP contribution >= 0.6 is 0 Å². The van der Waals surface area contributed by atoms with Crippen molar-refractivity contribution >= 4 is 11.9 Å². The van der Waals surface area contributed by atoms with Crippen LogP contribution in [-0.2, 0) is 9.59 Å². The largest absolute Gasteiger partial charge is 0.478 e. The SMILES string of the molecule is O=C(O)/C=C/C(=O)NCCCN1CCNCC1. The van der Waals surface area contributed by atoms with Gasteiger partial charge in [-0.1, -0.05) is 0 Å². The molecular formula is C11H19N3O3. The molecule has 17 heavy (non-hydrogen) atoms. The highest BCUT2D eigenvalue weighted by atomic mass is 16.4. The Labute approximate surface area is 101 Å². The highest BCUT2D eigenvalue weighted by Crippen LogP contribution is 1.93. The van der Waals surface area contributed by atoms with E-state index in [9.17, 15) is 9.59 Å². The third kappa shape index (κ3) is 6.70. The minimum atomic E-state index is -1.11. The first kappa shape index (κ1) is 13.7. The van der Waals surface area contributed by atoms with Gasteiger partial charge in [0.2, 0.25) is 5.91 Å². The van der Waals surface area contributed by atoms with Crippen molar-refractivity contribution in [2.75, 3.05) is 39.3 Å². The van der Waals surface area contributed by atoms with E-state index >= 15 is 0 Å². The molecule has 0 saturated carbocycles. The number of carbonyl (C=O) groups is 2. The molecule has 0 aliphatic carbocycles. The number of nitrogens with zero attached hydrogens (tertiary/aromatic N) is 1. The highest BCUT2D eigenvalue weighted by Gasteiger charge is 2.08. The third-order valence-electron chi connectivity index (χ3n) is 2.54. The Kier molecular flexibility index (Phi) is 6.27. The van der Waals surface area contributed by atoms with Gasteiger partial charge in [-0.3, -0.25) is 4.79 Å². The average molecular weight is 241 g/mol. The first-order valence-corrected chi connectivity index (χ1v) is 5.80. The molecule has 1 fully saturated rings. The van der Waals surface area contributed by atoms with Gasteiger partial charge in [-0.05, 0) is 13.0 Å². The second-order valence-electron chi connectivity index (χ2n) is 3.91. The maximum Gasteiger partial charge on any atom is 0.328 e. The van der Waals surface area contributed by atoms with Gasteiger partial charge < -0.3 is 20.6 Å². The molecule has 0 bridgehead atoms. The Morgan fingerprint density at radius 2 is 2.00 bits per heavy atom. The molecule has 0 atom stereocenters. The van der Waals surface area contributed by atoms with Crippen molar-refractivity contribution in [1.29, 1.82) is 0 Å². The van der Waals surface area contributed by atoms with Crippen molar-refractivity contribution in [3.63, 3.8) is 0 Å². The zero-order valence-corrected chi connectivity index (χ0v) is 9.82. The minimum Gasteiger partial charge on any atom is -0.478 e. The fourth-order valence-electron chi connectivity index (χ4n) is 1.65. The predicted molar refractivity (Wildman–Crippen MR) is 63.7 cm³/mol. The molecule has 0 spiro atoms. The number of carboxylic acid groups (broad SMARTS) is 1. The summed E-state index contributed by atoms with van der Waals surface area (Å²) in [7, 11) is 0. The van der Waals surface area contributed by atoms with E-state index in [4.69, 9.17) is 5.11 Å². The number of amides is 1. The van der Waals surface area contributed by atoms with Crippen molar-refractivity contribution in [3.8, 4) is 0 Å². The van der Waals surface area contributed by atoms with Gasteiger partial charge in [0.1, 0.15) is 0 Å². The monoisotopic (exact) mass is 241 g/mol. The summed E-state index contributed by atoms with van der Waals surface area (Å²) in [5, 5.41) is 14.2. The Morgan fingerprint density at radius 1 is 1.29 bits per heavy atom. The van der Waals surface area contributed by atoms with Crippen molar-refractivity contribution in [2.45, 2.75) is 6.42 Å². The van der Waals surface area contributed by atoms with Gasteiger partial charge in [-0.25, -0.2) is 4.79 Å². The summed E-state index contributed by atoms with van der Waals surface area (Å²) in [6.45, 7) is 5.68. The second kappa shape index (κ2) is 7.81. The average Bonchev–Trinajstić information content (AvgIpc) is 2.33. The van der Waals surface area contributed by atoms with Gasteiger partial charge >= 0.3 is 5.97 Å². The quantitative estimate of drug-likeness (QED) is 0.412. The smallest absolute Gasteiger partial charge is 0.328 e. The fraction of sp³-hybridized carbons (Fsp3) is 0.636. The Morgan fingerprint density at radius 3 is 2.65 bits per heavy atom. The number of piperazine rings is 1. The number of carbonyl (C=O) groups excluding carboxylic acids is 1. The van der Waals surface area contributed by atoms with Crippen LogP contribution in [-0.4, -0.2) is 61.2 Å². The highest BCUT2D eigenvalue weighted by molar-refractivity contribution is 5.93. The van der Waals surface area contributed by atoms with E-state index in [-0.39, 0.29) is 5.91 Å². The molecule has 3 N–H and O–H groups in total. The summed E-state index contributed by atoms with van der Waals surface area (Å²) < 4.78 is 0. The normalized spacial score (nSPS) is 17.2. The number of hydrogen-bond acceptors (Lipinski definition) is 4. The number of hydrogen-bond donors (Lipinski definition) is 3. The predicted octanol–water partition coefficient (Wildman–Crippen LogP) is -0.961. The molecule has 1 aliphatic rings. The van der Waals surface area contributed by atoms with Crippen LogP contribution in [0, 0.1) is 0 Å². The van der Waals surface area contributed by atoms with Crippen LogP contribution in [0.1, 0.15) is 6.42 Å². The first-order valence-electron chi connectivity index (χ1n) is 5.80. The van der Waals surface area contributed by atoms with Crippen LogP contribution in [0.3, 0.4) is 0 Å². The van der Waals surface area contributed by atoms with Gasteiger partial charge in [0.25, 0.3) is 0 Å². The van der Waals surface area contributed by atoms with Gasteiger partial charge in [-0.15, -0.1) is 0 Å². The standard InChI is InChI=1S/C11H19N3O3/c15-10(2-3-11(16)17)13-4-1-7-14-8-5-12-6-9-14/h2-3,12H,1,4-9H2,(H,13,15)(H,16,17)/b3-2+. The molecule has 0 aromatic carbocycles. The van der Waals surface area contributed by atoms with Gasteiger partial charge in [-0.2, -0.15) is 0 Å². The third-order valence-corrected chi connectivity index (χ3v) is 2.54. The van der Waals surface area contributed by atoms with E-state index < -0.39 is 5.97 Å². The van der Waals surface area contributed by atoms with Crippen molar-refractivity contribution in [1.82, 2.24) is 15.5 Å². The van der Waals surface area contributed by atoms with Crippen LogP contribution in [0.5, 0.6) is 0 Å². The molecule has 6 heteroatoms. The summed E-state index contributed by atoms with van der Waals surface area (Å²) >= 11 is 0. The minimum absolute atomic E-state index is 0.354. The summed E-state index contributed by atoms with van der Waals surface area (Å²) in [5.41, 5.74) is 0. The summed E-state index contributed by atoms with van der Waals surface area (Å²) in [6, 6.07) is 0. The lowest BCUT2D eigenvalue weighted by molar-refractivity contribution is -0.131. The number of carboxylic acids is 1. The molecular weight excluding hydrogens is 222 g/mol. The van der Waals surface area contributed by atoms with Crippen molar-refractivity contribution < 1.29 is 14.7 Å². The van der Waals surface area contributed by atoms with E-state index in [2.05, 4.69) is 15.5 Å². The van der Waals surface area contributed by atoms with Gasteiger partial charge in [0.05, 0.1) is 0 Å². The van der Waals surface area contributed by atoms with Crippen LogP contribution in [0.2, 0.25) is 0 Å². The first-order chi connectivity index (χ1) is 8.18. The maximum atomic E-state index is 11.1. The zero-order chi connectivity index (χ0) is 12.5. The zero-order valence-electron chi connectivity index (χ0n) is 9.82. The molecule has 6 nitrogen and oxygen atoms in total. The number of rotatable bonds is 6. The molecule has 1 heterocycles. The molecule has 0 radical (unpaired) electrons. The maximum absolute atomic E-state index is 11.1. The lowest BCUT2D eigenvalue weighted by Crippen LogP contribution is -2.44. The Hall–Kier alpha value is -1.40. The van der Waals surface area contributed by atoms with E-state index in [1.807, 2.05) is 0 Å². The molecule has 1 rings (SSSR count). The summed E-state index contributed by atoms with van der Waals surface area (Å²) in [4.78, 5) is 23.6.